The lowest BCUT2D eigenvalue weighted by molar-refractivity contribution is -0.113. The summed E-state index contributed by atoms with van der Waals surface area (Å²) < 4.78 is 1.79. The maximum atomic E-state index is 12.6. The summed E-state index contributed by atoms with van der Waals surface area (Å²) in [4.78, 5) is 30.8. The van der Waals surface area contributed by atoms with Gasteiger partial charge < -0.3 is 15.2 Å². The Hall–Kier alpha value is -3.50. The van der Waals surface area contributed by atoms with E-state index in [0.717, 1.165) is 21.7 Å². The molecule has 4 aromatic rings. The number of thiazole rings is 1. The van der Waals surface area contributed by atoms with Crippen LogP contribution in [0.1, 0.15) is 39.6 Å². The van der Waals surface area contributed by atoms with Crippen molar-refractivity contribution in [1.82, 2.24) is 25.1 Å². The van der Waals surface area contributed by atoms with E-state index in [2.05, 4.69) is 25.8 Å². The molecule has 0 fully saturated rings. The molecule has 0 aliphatic carbocycles. The lowest BCUT2D eigenvalue weighted by Crippen LogP contribution is -2.29. The number of thioether (sulfide) groups is 1. The molecule has 0 aliphatic heterocycles. The van der Waals surface area contributed by atoms with E-state index >= 15 is 0 Å². The van der Waals surface area contributed by atoms with Crippen molar-refractivity contribution < 1.29 is 9.59 Å². The van der Waals surface area contributed by atoms with Gasteiger partial charge in [-0.15, -0.1) is 21.5 Å². The summed E-state index contributed by atoms with van der Waals surface area (Å²) in [5, 5.41) is 15.4. The Kier molecular flexibility index (Phi) is 7.62. The maximum Gasteiger partial charge on any atom is 0.252 e. The van der Waals surface area contributed by atoms with Crippen LogP contribution in [-0.2, 0) is 11.8 Å². The third-order valence-electron chi connectivity index (χ3n) is 5.42. The van der Waals surface area contributed by atoms with Crippen molar-refractivity contribution in [3.63, 3.8) is 0 Å². The van der Waals surface area contributed by atoms with Gasteiger partial charge in [-0.2, -0.15) is 0 Å². The second kappa shape index (κ2) is 10.8. The average molecular weight is 507 g/mol. The molecule has 2 heterocycles. The molecule has 0 spiro atoms. The normalized spacial score (nSPS) is 11.8. The number of carbonyl (C=O) groups is 2. The molecule has 4 rings (SSSR count). The molecule has 2 amide bonds. The first-order valence-electron chi connectivity index (χ1n) is 11.0. The van der Waals surface area contributed by atoms with Crippen LogP contribution in [0.25, 0.3) is 11.3 Å². The maximum absolute atomic E-state index is 12.6. The van der Waals surface area contributed by atoms with Gasteiger partial charge in [0.15, 0.2) is 16.1 Å². The van der Waals surface area contributed by atoms with Gasteiger partial charge >= 0.3 is 0 Å². The first-order valence-corrected chi connectivity index (χ1v) is 12.8. The number of hydrogen-bond donors (Lipinski definition) is 2. The Morgan fingerprint density at radius 1 is 1.06 bits per heavy atom. The van der Waals surface area contributed by atoms with E-state index in [1.807, 2.05) is 76.3 Å². The number of aromatic nitrogens is 4. The number of hydrogen-bond acceptors (Lipinski definition) is 7. The average Bonchev–Trinajstić information content (AvgIpc) is 3.40. The van der Waals surface area contributed by atoms with Gasteiger partial charge in [-0.05, 0) is 32.4 Å². The predicted octanol–water partition coefficient (Wildman–Crippen LogP) is 4.78. The fourth-order valence-electron chi connectivity index (χ4n) is 3.59. The fourth-order valence-corrected chi connectivity index (χ4v) is 5.16. The minimum Gasteiger partial charge on any atom is -0.342 e. The number of nitrogens with one attached hydrogen (secondary N) is 2. The first kappa shape index (κ1) is 24.6. The molecule has 8 nitrogen and oxygen atoms in total. The Labute approximate surface area is 212 Å². The van der Waals surface area contributed by atoms with E-state index in [4.69, 9.17) is 0 Å². The highest BCUT2D eigenvalue weighted by Crippen LogP contribution is 2.30. The molecule has 1 atom stereocenters. The van der Waals surface area contributed by atoms with Gasteiger partial charge in [0, 0.05) is 23.1 Å². The molecule has 2 aromatic carbocycles. The van der Waals surface area contributed by atoms with Gasteiger partial charge in [-0.25, -0.2) is 4.98 Å². The highest BCUT2D eigenvalue weighted by molar-refractivity contribution is 7.99. The van der Waals surface area contributed by atoms with E-state index in [0.29, 0.717) is 21.7 Å². The van der Waals surface area contributed by atoms with Gasteiger partial charge in [-0.3, -0.25) is 9.59 Å². The highest BCUT2D eigenvalue weighted by atomic mass is 32.2. The summed E-state index contributed by atoms with van der Waals surface area (Å²) >= 11 is 2.73. The van der Waals surface area contributed by atoms with Crippen molar-refractivity contribution >= 4 is 40.0 Å². The molecule has 2 N–H and O–H groups in total. The lowest BCUT2D eigenvalue weighted by atomic mass is 10.1. The summed E-state index contributed by atoms with van der Waals surface area (Å²) in [6.45, 7) is 5.75. The SMILES string of the molecule is Cc1ccccc1C(=O)N[C@@H](C)c1nnc(SCC(=O)Nc2nc(-c3ccccc3)c(C)s2)n1C. The number of amides is 2. The minimum absolute atomic E-state index is 0.162. The highest BCUT2D eigenvalue weighted by Gasteiger charge is 2.20. The van der Waals surface area contributed by atoms with Crippen molar-refractivity contribution in [3.8, 4) is 11.3 Å². The second-order valence-corrected chi connectivity index (χ2v) is 10.2. The van der Waals surface area contributed by atoms with Crippen LogP contribution in [0.5, 0.6) is 0 Å². The number of aryl methyl sites for hydroxylation is 2. The zero-order chi connectivity index (χ0) is 24.9. The summed E-state index contributed by atoms with van der Waals surface area (Å²) in [5.41, 5.74) is 3.42. The molecule has 0 saturated heterocycles. The fraction of sp³-hybridized carbons (Fsp3) is 0.240. The van der Waals surface area contributed by atoms with E-state index in [1.54, 1.807) is 10.6 Å². The number of carbonyl (C=O) groups excluding carboxylic acids is 2. The second-order valence-electron chi connectivity index (χ2n) is 8.04. The molecule has 0 bridgehead atoms. The van der Waals surface area contributed by atoms with Crippen molar-refractivity contribution in [1.29, 1.82) is 0 Å². The quantitative estimate of drug-likeness (QED) is 0.334. The molecule has 0 aliphatic rings. The van der Waals surface area contributed by atoms with Crippen LogP contribution in [0.3, 0.4) is 0 Å². The summed E-state index contributed by atoms with van der Waals surface area (Å²) in [5.74, 6) is 0.433. The third kappa shape index (κ3) is 5.77. The summed E-state index contributed by atoms with van der Waals surface area (Å²) in [7, 11) is 1.82. The molecule has 2 aromatic heterocycles. The molecule has 35 heavy (non-hydrogen) atoms. The van der Waals surface area contributed by atoms with Crippen molar-refractivity contribution in [2.45, 2.75) is 32.0 Å². The molecular weight excluding hydrogens is 480 g/mol. The number of nitrogens with zero attached hydrogens (tertiary/aromatic N) is 4. The summed E-state index contributed by atoms with van der Waals surface area (Å²) in [6, 6.07) is 17.0. The van der Waals surface area contributed by atoms with E-state index < -0.39 is 0 Å². The Balaban J connectivity index is 1.34. The molecule has 0 saturated carbocycles. The zero-order valence-corrected chi connectivity index (χ0v) is 21.5. The molecular formula is C25H26N6O2S2. The number of rotatable bonds is 8. The predicted molar refractivity (Wildman–Crippen MR) is 140 cm³/mol. The number of benzene rings is 2. The van der Waals surface area contributed by atoms with Gasteiger partial charge in [0.05, 0.1) is 17.5 Å². The van der Waals surface area contributed by atoms with Gasteiger partial charge in [0.2, 0.25) is 5.91 Å². The first-order chi connectivity index (χ1) is 16.8. The zero-order valence-electron chi connectivity index (χ0n) is 19.9. The van der Waals surface area contributed by atoms with Crippen LogP contribution < -0.4 is 10.6 Å². The lowest BCUT2D eigenvalue weighted by Gasteiger charge is -2.14. The van der Waals surface area contributed by atoms with Crippen molar-refractivity contribution in [2.24, 2.45) is 7.05 Å². The topological polar surface area (TPSA) is 102 Å². The van der Waals surface area contributed by atoms with Gasteiger partial charge in [0.25, 0.3) is 5.91 Å². The monoisotopic (exact) mass is 506 g/mol. The van der Waals surface area contributed by atoms with Crippen LogP contribution in [0.2, 0.25) is 0 Å². The van der Waals surface area contributed by atoms with Crippen LogP contribution in [0.15, 0.2) is 59.8 Å². The standard InChI is InChI=1S/C25H26N6O2S2/c1-15-10-8-9-13-19(15)23(33)26-16(2)22-29-30-25(31(22)4)34-14-20(32)27-24-28-21(17(3)35-24)18-11-6-5-7-12-18/h5-13,16H,14H2,1-4H3,(H,26,33)(H,27,28,32)/t16-/m0/s1. The van der Waals surface area contributed by atoms with Gasteiger partial charge in [-0.1, -0.05) is 60.3 Å². The third-order valence-corrected chi connectivity index (χ3v) is 7.32. The number of anilines is 1. The Bertz CT molecular complexity index is 1350. The van der Waals surface area contributed by atoms with Crippen LogP contribution in [0, 0.1) is 13.8 Å². The smallest absolute Gasteiger partial charge is 0.252 e. The van der Waals surface area contributed by atoms with E-state index in [9.17, 15) is 9.59 Å². The Morgan fingerprint density at radius 2 is 1.77 bits per heavy atom. The molecule has 10 heteroatoms. The van der Waals surface area contributed by atoms with Gasteiger partial charge in [0.1, 0.15) is 0 Å². The largest absolute Gasteiger partial charge is 0.342 e. The molecule has 180 valence electrons. The molecule has 0 unspecified atom stereocenters. The van der Waals surface area contributed by atoms with Crippen LogP contribution in [0.4, 0.5) is 5.13 Å². The van der Waals surface area contributed by atoms with Crippen molar-refractivity contribution in [2.75, 3.05) is 11.1 Å². The Morgan fingerprint density at radius 3 is 2.51 bits per heavy atom. The van der Waals surface area contributed by atoms with E-state index in [-0.39, 0.29) is 23.6 Å². The minimum atomic E-state index is -0.350. The summed E-state index contributed by atoms with van der Waals surface area (Å²) in [6.07, 6.45) is 0. The van der Waals surface area contributed by atoms with Crippen LogP contribution >= 0.6 is 23.1 Å². The molecule has 0 radical (unpaired) electrons. The van der Waals surface area contributed by atoms with E-state index in [1.165, 1.54) is 23.1 Å². The van der Waals surface area contributed by atoms with Crippen molar-refractivity contribution in [3.05, 3.63) is 76.4 Å². The van der Waals surface area contributed by atoms with Crippen LogP contribution in [-0.4, -0.2) is 37.3 Å².